The first kappa shape index (κ1) is 25.7. The highest BCUT2D eigenvalue weighted by Gasteiger charge is 2.42. The molecule has 2 heterocycles. The van der Waals surface area contributed by atoms with E-state index in [1.165, 1.54) is 18.9 Å². The molecule has 0 aliphatic carbocycles. The van der Waals surface area contributed by atoms with Gasteiger partial charge in [-0.25, -0.2) is 4.99 Å². The third kappa shape index (κ3) is 5.71. The smallest absolute Gasteiger partial charge is 0.271 e. The van der Waals surface area contributed by atoms with Crippen LogP contribution in [0.1, 0.15) is 31.7 Å². The summed E-state index contributed by atoms with van der Waals surface area (Å²) in [6.07, 6.45) is 1.77. The molecule has 1 unspecified atom stereocenters. The van der Waals surface area contributed by atoms with Gasteiger partial charge in [0.15, 0.2) is 5.17 Å². The van der Waals surface area contributed by atoms with Crippen LogP contribution in [-0.4, -0.2) is 59.1 Å². The van der Waals surface area contributed by atoms with E-state index in [1.54, 1.807) is 23.1 Å². The normalized spacial score (nSPS) is 16.0. The Hall–Kier alpha value is -3.37. The van der Waals surface area contributed by atoms with Gasteiger partial charge in [0.1, 0.15) is 17.6 Å². The molecule has 2 aromatic carbocycles. The van der Waals surface area contributed by atoms with Crippen LogP contribution in [0.2, 0.25) is 5.02 Å². The number of hydrogen-bond acceptors (Lipinski definition) is 7. The molecule has 0 spiro atoms. The van der Waals surface area contributed by atoms with E-state index in [-0.39, 0.29) is 24.0 Å². The Kier molecular flexibility index (Phi) is 8.27. The number of aliphatic imine (C=N–C) groups is 2. The number of para-hydroxylation sites is 1. The van der Waals surface area contributed by atoms with Crippen LogP contribution in [-0.2, 0) is 14.4 Å². The summed E-state index contributed by atoms with van der Waals surface area (Å²) in [6, 6.07) is 11.5. The minimum Gasteiger partial charge on any atom is -0.495 e. The number of ether oxygens (including phenoxy) is 1. The second-order valence-electron chi connectivity index (χ2n) is 8.16. The Balaban J connectivity index is 1.50. The SMILES string of the molecule is CCCCNC(=O)CC1C(=O)N=C2c3ccccc3N=C(SCC(=O)Nc3ccc(OC)c(Cl)c3)N21. The highest BCUT2D eigenvalue weighted by molar-refractivity contribution is 8.14. The molecule has 0 radical (unpaired) electrons. The molecule has 0 aromatic heterocycles. The highest BCUT2D eigenvalue weighted by atomic mass is 35.5. The van der Waals surface area contributed by atoms with Crippen LogP contribution >= 0.6 is 23.4 Å². The predicted molar refractivity (Wildman–Crippen MR) is 142 cm³/mol. The van der Waals surface area contributed by atoms with Crippen molar-refractivity contribution in [3.8, 4) is 5.75 Å². The van der Waals surface area contributed by atoms with Gasteiger partial charge in [-0.05, 0) is 36.8 Å². The number of amidine groups is 2. The van der Waals surface area contributed by atoms with Gasteiger partial charge in [-0.2, -0.15) is 4.99 Å². The van der Waals surface area contributed by atoms with E-state index in [2.05, 4.69) is 15.6 Å². The summed E-state index contributed by atoms with van der Waals surface area (Å²) in [5.41, 5.74) is 1.89. The average molecular weight is 528 g/mol. The summed E-state index contributed by atoms with van der Waals surface area (Å²) in [5.74, 6) is 0.0727. The molecule has 2 aromatic rings. The summed E-state index contributed by atoms with van der Waals surface area (Å²) < 4.78 is 5.14. The van der Waals surface area contributed by atoms with E-state index in [4.69, 9.17) is 21.3 Å². The Morgan fingerprint density at radius 2 is 1.97 bits per heavy atom. The molecular formula is C25H26ClN5O4S. The van der Waals surface area contributed by atoms with Gasteiger partial charge < -0.3 is 15.4 Å². The van der Waals surface area contributed by atoms with Crippen molar-refractivity contribution in [2.24, 2.45) is 9.98 Å². The van der Waals surface area contributed by atoms with Gasteiger partial charge in [-0.15, -0.1) is 0 Å². The Morgan fingerprint density at radius 1 is 1.17 bits per heavy atom. The molecule has 11 heteroatoms. The lowest BCUT2D eigenvalue weighted by Gasteiger charge is -2.30. The van der Waals surface area contributed by atoms with Crippen molar-refractivity contribution in [1.82, 2.24) is 10.2 Å². The van der Waals surface area contributed by atoms with Gasteiger partial charge in [0.25, 0.3) is 5.91 Å². The van der Waals surface area contributed by atoms with Crippen molar-refractivity contribution in [1.29, 1.82) is 0 Å². The van der Waals surface area contributed by atoms with Gasteiger partial charge in [0, 0.05) is 17.8 Å². The van der Waals surface area contributed by atoms with E-state index in [1.807, 2.05) is 31.2 Å². The molecule has 2 aliphatic heterocycles. The van der Waals surface area contributed by atoms with E-state index in [0.29, 0.717) is 45.3 Å². The van der Waals surface area contributed by atoms with Crippen LogP contribution in [0.4, 0.5) is 11.4 Å². The molecule has 4 rings (SSSR count). The summed E-state index contributed by atoms with van der Waals surface area (Å²) in [5, 5.41) is 6.47. The molecule has 188 valence electrons. The standard InChI is InChI=1S/C25H26ClN5O4S/c1-3-4-11-27-21(32)13-19-24(34)30-23-16-7-5-6-8-18(16)29-25(31(19)23)36-14-22(33)28-15-9-10-20(35-2)17(26)12-15/h5-10,12,19H,3-4,11,13-14H2,1-2H3,(H,27,32)(H,28,33). The van der Waals surface area contributed by atoms with Crippen LogP contribution < -0.4 is 15.4 Å². The first-order chi connectivity index (χ1) is 17.4. The molecule has 0 fully saturated rings. The van der Waals surface area contributed by atoms with Crippen molar-refractivity contribution in [2.45, 2.75) is 32.2 Å². The molecule has 0 saturated heterocycles. The minimum absolute atomic E-state index is 0.0258. The molecule has 0 bridgehead atoms. The predicted octanol–water partition coefficient (Wildman–Crippen LogP) is 3.99. The number of nitrogens with one attached hydrogen (secondary N) is 2. The maximum atomic E-state index is 12.8. The third-order valence-electron chi connectivity index (χ3n) is 5.61. The molecule has 36 heavy (non-hydrogen) atoms. The monoisotopic (exact) mass is 527 g/mol. The number of anilines is 1. The summed E-state index contributed by atoms with van der Waals surface area (Å²) in [4.78, 5) is 48.7. The first-order valence-electron chi connectivity index (χ1n) is 11.5. The second-order valence-corrected chi connectivity index (χ2v) is 9.51. The van der Waals surface area contributed by atoms with E-state index < -0.39 is 11.9 Å². The van der Waals surface area contributed by atoms with Crippen molar-refractivity contribution in [3.05, 3.63) is 53.1 Å². The number of nitrogens with zero attached hydrogens (tertiary/aromatic N) is 3. The van der Waals surface area contributed by atoms with Crippen molar-refractivity contribution in [2.75, 3.05) is 24.7 Å². The average Bonchev–Trinajstić information content (AvgIpc) is 3.19. The zero-order chi connectivity index (χ0) is 25.7. The molecule has 3 amide bonds. The minimum atomic E-state index is -0.815. The van der Waals surface area contributed by atoms with E-state index in [9.17, 15) is 14.4 Å². The van der Waals surface area contributed by atoms with Gasteiger partial charge in [-0.3, -0.25) is 19.3 Å². The number of benzene rings is 2. The van der Waals surface area contributed by atoms with Gasteiger partial charge in [0.2, 0.25) is 11.8 Å². The number of carbonyl (C=O) groups excluding carboxylic acids is 3. The number of thioether (sulfide) groups is 1. The topological polar surface area (TPSA) is 112 Å². The molecule has 2 N–H and O–H groups in total. The zero-order valence-electron chi connectivity index (χ0n) is 19.9. The fraction of sp³-hybridized carbons (Fsp3) is 0.320. The van der Waals surface area contributed by atoms with Crippen molar-refractivity contribution >= 4 is 63.5 Å². The van der Waals surface area contributed by atoms with Gasteiger partial charge in [0.05, 0.1) is 30.0 Å². The van der Waals surface area contributed by atoms with E-state index >= 15 is 0 Å². The lowest BCUT2D eigenvalue weighted by Crippen LogP contribution is -2.46. The van der Waals surface area contributed by atoms with Crippen LogP contribution in [0.25, 0.3) is 0 Å². The van der Waals surface area contributed by atoms with Crippen LogP contribution in [0.5, 0.6) is 5.75 Å². The number of unbranched alkanes of at least 4 members (excludes halogenated alkanes) is 1. The van der Waals surface area contributed by atoms with Crippen LogP contribution in [0, 0.1) is 0 Å². The van der Waals surface area contributed by atoms with Crippen LogP contribution in [0.15, 0.2) is 52.4 Å². The van der Waals surface area contributed by atoms with Crippen molar-refractivity contribution in [3.63, 3.8) is 0 Å². The Labute approximate surface area is 218 Å². The number of rotatable bonds is 9. The quantitative estimate of drug-likeness (QED) is 0.477. The van der Waals surface area contributed by atoms with Gasteiger partial charge >= 0.3 is 0 Å². The molecular weight excluding hydrogens is 502 g/mol. The number of carbonyl (C=O) groups is 3. The third-order valence-corrected chi connectivity index (χ3v) is 6.86. The fourth-order valence-corrected chi connectivity index (χ4v) is 4.93. The molecule has 2 aliphatic rings. The zero-order valence-corrected chi connectivity index (χ0v) is 21.5. The maximum Gasteiger partial charge on any atom is 0.271 e. The molecule has 1 atom stereocenters. The largest absolute Gasteiger partial charge is 0.495 e. The number of halogens is 1. The summed E-state index contributed by atoms with van der Waals surface area (Å²) in [6.45, 7) is 2.59. The Bertz CT molecular complexity index is 1250. The Morgan fingerprint density at radius 3 is 2.72 bits per heavy atom. The number of methoxy groups -OCH3 is 1. The maximum absolute atomic E-state index is 12.8. The lowest BCUT2D eigenvalue weighted by molar-refractivity contribution is -0.126. The fourth-order valence-electron chi connectivity index (χ4n) is 3.83. The molecule has 9 nitrogen and oxygen atoms in total. The van der Waals surface area contributed by atoms with Crippen LogP contribution in [0.3, 0.4) is 0 Å². The van der Waals surface area contributed by atoms with Gasteiger partial charge in [-0.1, -0.05) is 48.8 Å². The first-order valence-corrected chi connectivity index (χ1v) is 12.9. The number of hydrogen-bond donors (Lipinski definition) is 2. The highest BCUT2D eigenvalue weighted by Crippen LogP contribution is 2.35. The summed E-state index contributed by atoms with van der Waals surface area (Å²) in [7, 11) is 1.52. The van der Waals surface area contributed by atoms with E-state index in [0.717, 1.165) is 12.8 Å². The molecule has 0 saturated carbocycles. The lowest BCUT2D eigenvalue weighted by atomic mass is 10.1. The number of fused-ring (bicyclic) bond motifs is 3. The number of amides is 3. The summed E-state index contributed by atoms with van der Waals surface area (Å²) >= 11 is 7.32. The second kappa shape index (κ2) is 11.6. The van der Waals surface area contributed by atoms with Crippen molar-refractivity contribution < 1.29 is 19.1 Å².